The fourth-order valence-corrected chi connectivity index (χ4v) is 2.70. The van der Waals surface area contributed by atoms with E-state index in [0.29, 0.717) is 5.89 Å². The molecule has 0 saturated carbocycles. The van der Waals surface area contributed by atoms with Gasteiger partial charge in [0.2, 0.25) is 5.89 Å². The molecule has 3 rings (SSSR count). The van der Waals surface area contributed by atoms with Crippen LogP contribution >= 0.6 is 11.8 Å². The summed E-state index contributed by atoms with van der Waals surface area (Å²) >= 11 is 1.65. The largest absolute Gasteiger partial charge is 0.444 e. The van der Waals surface area contributed by atoms with Crippen molar-refractivity contribution in [3.8, 4) is 11.5 Å². The molecule has 0 spiro atoms. The second-order valence-electron chi connectivity index (χ2n) is 4.90. The van der Waals surface area contributed by atoms with E-state index in [-0.39, 0.29) is 0 Å². The average molecular weight is 296 g/mol. The Bertz CT molecular complexity index is 738. The number of aromatic nitrogens is 2. The van der Waals surface area contributed by atoms with Gasteiger partial charge in [-0.1, -0.05) is 23.9 Å². The minimum Gasteiger partial charge on any atom is -0.444 e. The number of hydrogen-bond acceptors (Lipinski definition) is 4. The van der Waals surface area contributed by atoms with Crippen LogP contribution in [0, 0.1) is 13.8 Å². The van der Waals surface area contributed by atoms with E-state index in [2.05, 4.69) is 35.9 Å². The lowest BCUT2D eigenvalue weighted by molar-refractivity contribution is 0.573. The third-order valence-corrected chi connectivity index (χ3v) is 4.29. The molecule has 0 bridgehead atoms. The Balaban J connectivity index is 1.72. The molecule has 0 saturated heterocycles. The van der Waals surface area contributed by atoms with Gasteiger partial charge < -0.3 is 4.42 Å². The molecule has 0 aliphatic rings. The number of oxazole rings is 1. The lowest BCUT2D eigenvalue weighted by atomic mass is 10.1. The predicted molar refractivity (Wildman–Crippen MR) is 85.2 cm³/mol. The molecule has 0 fully saturated rings. The van der Waals surface area contributed by atoms with Crippen LogP contribution in [0.1, 0.15) is 16.8 Å². The van der Waals surface area contributed by atoms with Gasteiger partial charge in [-0.25, -0.2) is 9.97 Å². The Hall–Kier alpha value is -2.07. The Kier molecular flexibility index (Phi) is 4.06. The molecule has 0 atom stereocenters. The van der Waals surface area contributed by atoms with Crippen molar-refractivity contribution in [1.29, 1.82) is 0 Å². The van der Waals surface area contributed by atoms with Gasteiger partial charge in [-0.3, -0.25) is 0 Å². The first kappa shape index (κ1) is 13.9. The van der Waals surface area contributed by atoms with Gasteiger partial charge in [0.25, 0.3) is 0 Å². The summed E-state index contributed by atoms with van der Waals surface area (Å²) in [5, 5.41) is 0.994. The molecule has 0 N–H and O–H groups in total. The maximum Gasteiger partial charge on any atom is 0.226 e. The fraction of sp³-hybridized carbons (Fsp3) is 0.176. The first-order valence-corrected chi connectivity index (χ1v) is 7.77. The minimum absolute atomic E-state index is 0.676. The highest BCUT2D eigenvalue weighted by molar-refractivity contribution is 7.98. The number of benzene rings is 1. The van der Waals surface area contributed by atoms with Gasteiger partial charge in [0.05, 0.1) is 10.7 Å². The lowest BCUT2D eigenvalue weighted by Gasteiger charge is -2.01. The van der Waals surface area contributed by atoms with Crippen LogP contribution in [0.25, 0.3) is 11.5 Å². The summed E-state index contributed by atoms with van der Waals surface area (Å²) in [7, 11) is 0. The van der Waals surface area contributed by atoms with E-state index in [1.54, 1.807) is 24.2 Å². The Morgan fingerprint density at radius 3 is 2.76 bits per heavy atom. The van der Waals surface area contributed by atoms with E-state index in [4.69, 9.17) is 4.42 Å². The topological polar surface area (TPSA) is 38.9 Å². The zero-order chi connectivity index (χ0) is 14.7. The van der Waals surface area contributed by atoms with Crippen LogP contribution in [0.15, 0.2) is 58.3 Å². The Morgan fingerprint density at radius 2 is 2.00 bits per heavy atom. The SMILES string of the molecule is Cc1ccc(-c2nc(CSc3ccccn3)co2)cc1C. The second-order valence-corrected chi connectivity index (χ2v) is 5.90. The van der Waals surface area contributed by atoms with Crippen molar-refractivity contribution in [2.45, 2.75) is 24.6 Å². The summed E-state index contributed by atoms with van der Waals surface area (Å²) < 4.78 is 5.59. The molecule has 4 heteroatoms. The molecule has 3 nitrogen and oxygen atoms in total. The molecule has 21 heavy (non-hydrogen) atoms. The summed E-state index contributed by atoms with van der Waals surface area (Å²) in [5.41, 5.74) is 4.47. The number of aryl methyl sites for hydroxylation is 2. The van der Waals surface area contributed by atoms with Gasteiger partial charge in [-0.2, -0.15) is 0 Å². The highest BCUT2D eigenvalue weighted by Gasteiger charge is 2.08. The van der Waals surface area contributed by atoms with E-state index in [1.807, 2.05) is 24.3 Å². The van der Waals surface area contributed by atoms with Gasteiger partial charge in [-0.05, 0) is 49.2 Å². The van der Waals surface area contributed by atoms with Gasteiger partial charge >= 0.3 is 0 Å². The monoisotopic (exact) mass is 296 g/mol. The maximum absolute atomic E-state index is 5.59. The maximum atomic E-state index is 5.59. The predicted octanol–water partition coefficient (Wildman–Crippen LogP) is 4.65. The normalized spacial score (nSPS) is 10.8. The van der Waals surface area contributed by atoms with Crippen molar-refractivity contribution >= 4 is 11.8 Å². The number of hydrogen-bond donors (Lipinski definition) is 0. The summed E-state index contributed by atoms with van der Waals surface area (Å²) in [4.78, 5) is 8.84. The van der Waals surface area contributed by atoms with Crippen molar-refractivity contribution in [2.75, 3.05) is 0 Å². The van der Waals surface area contributed by atoms with Crippen LogP contribution in [-0.2, 0) is 5.75 Å². The van der Waals surface area contributed by atoms with E-state index in [1.165, 1.54) is 11.1 Å². The van der Waals surface area contributed by atoms with Crippen LogP contribution in [-0.4, -0.2) is 9.97 Å². The van der Waals surface area contributed by atoms with E-state index < -0.39 is 0 Å². The van der Waals surface area contributed by atoms with Crippen molar-refractivity contribution in [3.63, 3.8) is 0 Å². The van der Waals surface area contributed by atoms with Crippen LogP contribution in [0.2, 0.25) is 0 Å². The van der Waals surface area contributed by atoms with Gasteiger partial charge in [0, 0.05) is 17.5 Å². The van der Waals surface area contributed by atoms with E-state index in [9.17, 15) is 0 Å². The average Bonchev–Trinajstić information content (AvgIpc) is 2.98. The smallest absolute Gasteiger partial charge is 0.226 e. The zero-order valence-corrected chi connectivity index (χ0v) is 12.9. The molecule has 2 heterocycles. The molecule has 2 aromatic heterocycles. The third-order valence-electron chi connectivity index (χ3n) is 3.31. The number of thioether (sulfide) groups is 1. The van der Waals surface area contributed by atoms with Gasteiger partial charge in [0.1, 0.15) is 6.26 Å². The molecule has 3 aromatic rings. The molecule has 0 unspecified atom stereocenters. The molecule has 106 valence electrons. The lowest BCUT2D eigenvalue weighted by Crippen LogP contribution is -1.85. The fourth-order valence-electron chi connectivity index (χ4n) is 1.96. The van der Waals surface area contributed by atoms with Crippen LogP contribution < -0.4 is 0 Å². The molecule has 0 radical (unpaired) electrons. The van der Waals surface area contributed by atoms with Crippen molar-refractivity contribution in [1.82, 2.24) is 9.97 Å². The Labute approximate surface area is 128 Å². The first-order chi connectivity index (χ1) is 10.2. The van der Waals surface area contributed by atoms with Crippen LogP contribution in [0.5, 0.6) is 0 Å². The quantitative estimate of drug-likeness (QED) is 0.657. The van der Waals surface area contributed by atoms with E-state index in [0.717, 1.165) is 22.0 Å². The van der Waals surface area contributed by atoms with Crippen LogP contribution in [0.4, 0.5) is 0 Å². The van der Waals surface area contributed by atoms with Crippen LogP contribution in [0.3, 0.4) is 0 Å². The highest BCUT2D eigenvalue weighted by atomic mass is 32.2. The third kappa shape index (κ3) is 3.34. The molecular weight excluding hydrogens is 280 g/mol. The summed E-state index contributed by atoms with van der Waals surface area (Å²) in [5.74, 6) is 1.43. The van der Waals surface area contributed by atoms with Crippen molar-refractivity contribution in [3.05, 3.63) is 65.7 Å². The molecule has 0 amide bonds. The molecule has 1 aromatic carbocycles. The summed E-state index contributed by atoms with van der Waals surface area (Å²) in [6, 6.07) is 12.1. The number of pyridine rings is 1. The van der Waals surface area contributed by atoms with Gasteiger partial charge in [0.15, 0.2) is 0 Å². The minimum atomic E-state index is 0.676. The van der Waals surface area contributed by atoms with Crippen molar-refractivity contribution < 1.29 is 4.42 Å². The Morgan fingerprint density at radius 1 is 1.10 bits per heavy atom. The number of rotatable bonds is 4. The second kappa shape index (κ2) is 6.14. The van der Waals surface area contributed by atoms with Gasteiger partial charge in [-0.15, -0.1) is 0 Å². The molecular formula is C17H16N2OS. The highest BCUT2D eigenvalue weighted by Crippen LogP contribution is 2.24. The summed E-state index contributed by atoms with van der Waals surface area (Å²) in [6.07, 6.45) is 3.52. The summed E-state index contributed by atoms with van der Waals surface area (Å²) in [6.45, 7) is 4.20. The zero-order valence-electron chi connectivity index (χ0n) is 12.0. The standard InChI is InChI=1S/C17H16N2OS/c1-12-6-7-14(9-13(12)2)17-19-15(10-20-17)11-21-16-5-3-4-8-18-16/h3-10H,11H2,1-2H3. The molecule has 0 aliphatic heterocycles. The van der Waals surface area contributed by atoms with Crippen molar-refractivity contribution in [2.24, 2.45) is 0 Å². The first-order valence-electron chi connectivity index (χ1n) is 6.78. The van der Waals surface area contributed by atoms with E-state index >= 15 is 0 Å². The molecule has 0 aliphatic carbocycles. The number of nitrogens with zero attached hydrogens (tertiary/aromatic N) is 2.